The number of carbonyl (C=O) groups is 3. The molecule has 0 radical (unpaired) electrons. The van der Waals surface area contributed by atoms with Crippen LogP contribution in [0.1, 0.15) is 81.7 Å². The third-order valence-corrected chi connectivity index (χ3v) is 11.6. The van der Waals surface area contributed by atoms with Crippen LogP contribution in [0.4, 0.5) is 0 Å². The zero-order valence-corrected chi connectivity index (χ0v) is 55.7. The topological polar surface area (TPSA) is 167 Å². The molecule has 0 fully saturated rings. The molecule has 0 bridgehead atoms. The molecule has 8 rings (SSSR count). The number of carbonyl (C=O) groups excluding carboxylic acids is 2. The minimum Gasteiger partial charge on any atom is -1.00 e. The molecule has 0 aliphatic heterocycles. The zero-order chi connectivity index (χ0) is 48.6. The maximum Gasteiger partial charge on any atom is 1.00 e. The first-order valence-electron chi connectivity index (χ1n) is 20.6. The molecule has 0 aliphatic rings. The quantitative estimate of drug-likeness (QED) is 0.0418. The number of imidazole rings is 2. The number of halogens is 3. The van der Waals surface area contributed by atoms with Crippen molar-refractivity contribution < 1.29 is 183 Å². The molecule has 2 aromatic heterocycles. The number of aromatic nitrogens is 4. The van der Waals surface area contributed by atoms with Crippen molar-refractivity contribution in [2.75, 3.05) is 26.3 Å². The van der Waals surface area contributed by atoms with Crippen molar-refractivity contribution in [2.45, 2.75) is 38.8 Å². The van der Waals surface area contributed by atoms with Crippen LogP contribution >= 0.6 is 45.8 Å². The summed E-state index contributed by atoms with van der Waals surface area (Å²) in [5.41, 5.74) is 8.54. The first-order valence-corrected chi connectivity index (χ1v) is 23.5. The average molecular weight is 1330 g/mol. The molecule has 0 saturated carbocycles. The number of rotatable bonds is 13. The maximum absolute atomic E-state index is 11.8. The van der Waals surface area contributed by atoms with Gasteiger partial charge in [-0.05, 0) is 87.8 Å². The number of carboxylic acids is 1. The van der Waals surface area contributed by atoms with Gasteiger partial charge in [-0.1, -0.05) is 120 Å². The third-order valence-electron chi connectivity index (χ3n) is 10.8. The van der Waals surface area contributed by atoms with Gasteiger partial charge in [0.2, 0.25) is 0 Å². The van der Waals surface area contributed by atoms with Gasteiger partial charge in [0.1, 0.15) is 23.1 Å². The van der Waals surface area contributed by atoms with E-state index in [0.717, 1.165) is 72.5 Å². The number of hydrogen-bond acceptors (Lipinski definition) is 10. The Labute approximate surface area is 544 Å². The van der Waals surface area contributed by atoms with Crippen LogP contribution in [0.3, 0.4) is 0 Å². The van der Waals surface area contributed by atoms with Gasteiger partial charge in [0.05, 0.1) is 67.6 Å². The number of nitrogens with zero attached hydrogens (tertiary/aromatic N) is 4. The number of fused-ring (bicyclic) bond motifs is 2. The Morgan fingerprint density at radius 1 is 0.667 bits per heavy atom. The Bertz CT molecular complexity index is 2940. The fraction of sp³-hybridized carbons (Fsp3) is 0.196. The number of alkyl halides is 1. The fourth-order valence-electron chi connectivity index (χ4n) is 7.34. The molecule has 8 aromatic rings. The van der Waals surface area contributed by atoms with Crippen LogP contribution in [-0.4, -0.2) is 68.9 Å². The maximum atomic E-state index is 11.8. The summed E-state index contributed by atoms with van der Waals surface area (Å²) >= 11 is 15.0. The molecule has 6 aromatic carbocycles. The molecule has 0 spiro atoms. The van der Waals surface area contributed by atoms with E-state index < -0.39 is 5.97 Å². The summed E-state index contributed by atoms with van der Waals surface area (Å²) in [4.78, 5) is 46.0. The van der Waals surface area contributed by atoms with E-state index in [1.54, 1.807) is 38.5 Å². The van der Waals surface area contributed by atoms with Gasteiger partial charge in [-0.25, -0.2) is 19.6 Å². The number of esters is 1. The van der Waals surface area contributed by atoms with E-state index in [1.165, 1.54) is 7.11 Å². The predicted molar refractivity (Wildman–Crippen MR) is 268 cm³/mol. The van der Waals surface area contributed by atoms with Crippen molar-refractivity contribution >= 4 is 86.3 Å². The minimum absolute atomic E-state index is 0. The Morgan fingerprint density at radius 3 is 1.38 bits per heavy atom. The number of benzene rings is 6. The predicted octanol–water partition coefficient (Wildman–Crippen LogP) is 4.89. The standard InChI is InChI=1S/C25H23ClN2O3.C24H21ClN2O3.CH3I.CH2O3.2Cs.H/c1-16(17-8-10-18(11-9-17)25(29)31-3)24-27-22-14-20(30-2)12-13-23(22)28(24)15-19-6-4-5-7-21(19)26;1-15(16-7-9-17(10-8-16)24(28)29)23-26-21-13-19(30-2)11-12-22(21)27(23)14-18-5-3-4-6-20(18)25;1-2;2-1-4-3;;;/h4-14,16H,15H2,1-3H3;3-13,15H,14H2,1-2H3,(H,28,29);1H3;1,3H;;;/q;;;;2*+1;-1/p-1. The summed E-state index contributed by atoms with van der Waals surface area (Å²) in [7, 11) is 4.66. The van der Waals surface area contributed by atoms with Crippen LogP contribution in [0.5, 0.6) is 11.5 Å². The van der Waals surface area contributed by atoms with Crippen molar-refractivity contribution in [1.29, 1.82) is 0 Å². The molecular formula is C51H49Cl2Cs2IN4O9. The monoisotopic (exact) mass is 1320 g/mol. The Balaban J connectivity index is 0.000000416. The van der Waals surface area contributed by atoms with Crippen molar-refractivity contribution in [1.82, 2.24) is 19.1 Å². The van der Waals surface area contributed by atoms with Crippen molar-refractivity contribution in [2.24, 2.45) is 0 Å². The molecule has 2 unspecified atom stereocenters. The normalized spacial score (nSPS) is 11.0. The van der Waals surface area contributed by atoms with E-state index in [0.29, 0.717) is 23.7 Å². The van der Waals surface area contributed by atoms with Gasteiger partial charge in [0.25, 0.3) is 6.47 Å². The van der Waals surface area contributed by atoms with E-state index in [9.17, 15) is 9.59 Å². The second-order valence-corrected chi connectivity index (χ2v) is 15.5. The van der Waals surface area contributed by atoms with Crippen LogP contribution in [0, 0.1) is 0 Å². The van der Waals surface area contributed by atoms with E-state index >= 15 is 0 Å². The molecule has 0 aliphatic carbocycles. The van der Waals surface area contributed by atoms with Crippen molar-refractivity contribution in [3.8, 4) is 11.5 Å². The second kappa shape index (κ2) is 30.6. The molecule has 69 heavy (non-hydrogen) atoms. The van der Waals surface area contributed by atoms with Gasteiger partial charge < -0.3 is 40.0 Å². The largest absolute Gasteiger partial charge is 1.00 e. The molecule has 350 valence electrons. The van der Waals surface area contributed by atoms with E-state index in [4.69, 9.17) is 62.5 Å². The Morgan fingerprint density at radius 2 is 1.04 bits per heavy atom. The van der Waals surface area contributed by atoms with Gasteiger partial charge in [-0.15, -0.1) is 0 Å². The van der Waals surface area contributed by atoms with E-state index in [2.05, 4.69) is 50.5 Å². The molecule has 13 nitrogen and oxygen atoms in total. The van der Waals surface area contributed by atoms with Gasteiger partial charge in [0, 0.05) is 34.0 Å². The molecule has 18 heteroatoms. The number of carboxylic acid groups (broad SMARTS) is 1. The first-order chi connectivity index (χ1) is 32.4. The molecular weight excluding hydrogens is 1280 g/mol. The van der Waals surface area contributed by atoms with Crippen LogP contribution in [0.15, 0.2) is 133 Å². The molecule has 2 heterocycles. The van der Waals surface area contributed by atoms with Gasteiger partial charge in [0.15, 0.2) is 0 Å². The van der Waals surface area contributed by atoms with Crippen LogP contribution in [0.2, 0.25) is 10.0 Å². The summed E-state index contributed by atoms with van der Waals surface area (Å²) < 4.78 is 19.9. The first kappa shape index (κ1) is 60.9. The van der Waals surface area contributed by atoms with Gasteiger partial charge >= 0.3 is 150 Å². The number of aromatic carboxylic acids is 1. The van der Waals surface area contributed by atoms with Crippen molar-refractivity contribution in [3.05, 3.63) is 189 Å². The Hall–Kier alpha value is -2.36. The summed E-state index contributed by atoms with van der Waals surface area (Å²) in [6, 6.07) is 41.7. The summed E-state index contributed by atoms with van der Waals surface area (Å²) in [6.45, 7) is 5.17. The molecule has 0 saturated heterocycles. The minimum atomic E-state index is -0.938. The van der Waals surface area contributed by atoms with Crippen molar-refractivity contribution in [3.63, 3.8) is 0 Å². The number of methoxy groups -OCH3 is 3. The second-order valence-electron chi connectivity index (χ2n) is 14.7. The summed E-state index contributed by atoms with van der Waals surface area (Å²) in [5, 5.41) is 19.0. The smallest absolute Gasteiger partial charge is 1.00 e. The number of hydrogen-bond donors (Lipinski definition) is 1. The number of ether oxygens (including phenoxy) is 3. The molecule has 2 atom stereocenters. The van der Waals surface area contributed by atoms with Crippen LogP contribution < -0.4 is 153 Å². The van der Waals surface area contributed by atoms with Crippen LogP contribution in [-0.2, 0) is 27.5 Å². The zero-order valence-electron chi connectivity index (χ0n) is 40.5. The average Bonchev–Trinajstić information content (AvgIpc) is 3.92. The SMILES string of the molecule is CI.COC(=O)c1ccc(C(C)c2nc3cc(OC)ccc3n2Cc2ccccc2Cl)cc1.COc1ccc2c(c1)nc(C(C)c1ccc(C(=O)O)cc1)n2Cc1ccccc1Cl.O=CO[O-].[Cs+].[Cs+].[H-]. The van der Waals surface area contributed by atoms with E-state index in [-0.39, 0.29) is 169 Å². The summed E-state index contributed by atoms with van der Waals surface area (Å²) in [5.74, 6) is 1.95. The van der Waals surface area contributed by atoms with Gasteiger partial charge in [-0.2, -0.15) is 0 Å². The van der Waals surface area contributed by atoms with E-state index in [1.807, 2.05) is 114 Å². The Kier molecular flexibility index (Phi) is 27.0. The third kappa shape index (κ3) is 16.1. The summed E-state index contributed by atoms with van der Waals surface area (Å²) in [6.07, 6.45) is 0. The fourth-order valence-corrected chi connectivity index (χ4v) is 7.73. The molecule has 1 N–H and O–H groups in total. The van der Waals surface area contributed by atoms with Gasteiger partial charge in [-0.3, -0.25) is 4.79 Å². The van der Waals surface area contributed by atoms with Crippen LogP contribution in [0.25, 0.3) is 22.1 Å². The molecule has 0 amide bonds.